The van der Waals surface area contributed by atoms with Gasteiger partial charge in [-0.3, -0.25) is 14.2 Å². The van der Waals surface area contributed by atoms with Crippen LogP contribution in [0.2, 0.25) is 0 Å². The zero-order chi connectivity index (χ0) is 25.8. The van der Waals surface area contributed by atoms with Crippen molar-refractivity contribution in [3.05, 3.63) is 42.2 Å². The van der Waals surface area contributed by atoms with Gasteiger partial charge in [0.15, 0.2) is 17.0 Å². The molecule has 0 aliphatic carbocycles. The third-order valence-corrected chi connectivity index (χ3v) is 6.04. The maximum absolute atomic E-state index is 12.6. The number of carbonyl (C=O) groups is 2. The number of aromatic nitrogens is 4. The van der Waals surface area contributed by atoms with E-state index in [0.717, 1.165) is 5.56 Å². The molecular weight excluding hydrogens is 464 g/mol. The van der Waals surface area contributed by atoms with Crippen LogP contribution < -0.4 is 11.1 Å². The van der Waals surface area contributed by atoms with Crippen molar-refractivity contribution >= 4 is 34.9 Å². The van der Waals surface area contributed by atoms with Crippen molar-refractivity contribution in [1.82, 2.24) is 19.5 Å². The van der Waals surface area contributed by atoms with E-state index < -0.39 is 18.4 Å². The van der Waals surface area contributed by atoms with Crippen LogP contribution >= 0.6 is 0 Å². The summed E-state index contributed by atoms with van der Waals surface area (Å²) in [5.41, 5.74) is 7.77. The fourth-order valence-electron chi connectivity index (χ4n) is 4.33. The first kappa shape index (κ1) is 25.4. The number of hydrogen-bond donors (Lipinski definition) is 2. The van der Waals surface area contributed by atoms with Crippen LogP contribution in [0.5, 0.6) is 0 Å². The molecule has 1 aliphatic rings. The third kappa shape index (κ3) is 5.56. The van der Waals surface area contributed by atoms with Crippen LogP contribution in [0.4, 0.5) is 11.8 Å². The highest BCUT2D eigenvalue weighted by Crippen LogP contribution is 2.39. The van der Waals surface area contributed by atoms with Crippen LogP contribution in [0, 0.1) is 11.8 Å². The van der Waals surface area contributed by atoms with Crippen molar-refractivity contribution in [2.24, 2.45) is 11.8 Å². The second-order valence-corrected chi connectivity index (χ2v) is 9.33. The van der Waals surface area contributed by atoms with Crippen LogP contribution in [-0.4, -0.2) is 57.3 Å². The van der Waals surface area contributed by atoms with Crippen molar-refractivity contribution in [2.45, 2.75) is 52.0 Å². The molecule has 0 spiro atoms. The van der Waals surface area contributed by atoms with E-state index in [2.05, 4.69) is 20.3 Å². The van der Waals surface area contributed by atoms with Crippen molar-refractivity contribution in [3.63, 3.8) is 0 Å². The summed E-state index contributed by atoms with van der Waals surface area (Å²) in [6.45, 7) is 5.75. The summed E-state index contributed by atoms with van der Waals surface area (Å²) in [5, 5.41) is 2.97. The molecular formula is C25H32N6O5. The number of hydrogen-bond acceptors (Lipinski definition) is 10. The summed E-state index contributed by atoms with van der Waals surface area (Å²) < 4.78 is 19.4. The number of imidazole rings is 1. The zero-order valence-electron chi connectivity index (χ0n) is 20.9. The highest BCUT2D eigenvalue weighted by Gasteiger charge is 2.46. The molecule has 1 fully saturated rings. The van der Waals surface area contributed by atoms with Gasteiger partial charge in [-0.05, 0) is 11.5 Å². The second-order valence-electron chi connectivity index (χ2n) is 9.33. The lowest BCUT2D eigenvalue weighted by molar-refractivity contribution is -0.159. The van der Waals surface area contributed by atoms with Gasteiger partial charge in [-0.15, -0.1) is 0 Å². The highest BCUT2D eigenvalue weighted by atomic mass is 16.6. The first-order valence-electron chi connectivity index (χ1n) is 12.0. The van der Waals surface area contributed by atoms with Gasteiger partial charge in [-0.2, -0.15) is 9.97 Å². The van der Waals surface area contributed by atoms with Crippen LogP contribution in [0.15, 0.2) is 36.7 Å². The lowest BCUT2D eigenvalue weighted by atomic mass is 10.0. The number of nitrogens with two attached hydrogens (primary N) is 1. The van der Waals surface area contributed by atoms with Gasteiger partial charge < -0.3 is 25.3 Å². The number of rotatable bonds is 9. The summed E-state index contributed by atoms with van der Waals surface area (Å²) >= 11 is 0. The molecule has 11 heteroatoms. The summed E-state index contributed by atoms with van der Waals surface area (Å²) in [7, 11) is 1.72. The average molecular weight is 497 g/mol. The Kier molecular flexibility index (Phi) is 7.68. The Morgan fingerprint density at radius 3 is 2.64 bits per heavy atom. The molecule has 3 N–H and O–H groups in total. The molecule has 3 aromatic rings. The molecule has 4 rings (SSSR count). The molecule has 2 aromatic heterocycles. The van der Waals surface area contributed by atoms with Gasteiger partial charge in [0, 0.05) is 19.4 Å². The molecule has 4 atom stereocenters. The van der Waals surface area contributed by atoms with Gasteiger partial charge in [0.05, 0.1) is 12.7 Å². The fourth-order valence-corrected chi connectivity index (χ4v) is 4.33. The second kappa shape index (κ2) is 10.9. The Labute approximate surface area is 209 Å². The number of carbonyl (C=O) groups excluding carboxylic acids is 2. The number of fused-ring (bicyclic) bond motifs is 1. The number of nitrogen functional groups attached to an aromatic ring is 1. The normalized spacial score (nSPS) is 21.6. The Hall–Kier alpha value is -3.73. The Balaban J connectivity index is 1.55. The molecule has 0 unspecified atom stereocenters. The molecule has 3 heterocycles. The van der Waals surface area contributed by atoms with Gasteiger partial charge >= 0.3 is 11.9 Å². The van der Waals surface area contributed by atoms with Gasteiger partial charge in [0.1, 0.15) is 25.0 Å². The maximum atomic E-state index is 12.6. The molecule has 0 radical (unpaired) electrons. The molecule has 1 aromatic carbocycles. The molecule has 1 aliphatic heterocycles. The Bertz CT molecular complexity index is 1210. The van der Waals surface area contributed by atoms with Gasteiger partial charge in [0.2, 0.25) is 5.95 Å². The summed E-state index contributed by atoms with van der Waals surface area (Å²) in [6, 6.07) is 9.34. The van der Waals surface area contributed by atoms with Crippen molar-refractivity contribution in [2.75, 3.05) is 24.7 Å². The van der Waals surface area contributed by atoms with Crippen molar-refractivity contribution in [1.29, 1.82) is 0 Å². The highest BCUT2D eigenvalue weighted by molar-refractivity contribution is 5.84. The lowest BCUT2D eigenvalue weighted by Crippen LogP contribution is -2.35. The topological polar surface area (TPSA) is 143 Å². The molecule has 0 amide bonds. The van der Waals surface area contributed by atoms with E-state index in [1.54, 1.807) is 17.9 Å². The number of esters is 2. The van der Waals surface area contributed by atoms with Gasteiger partial charge in [-0.25, -0.2) is 4.98 Å². The minimum atomic E-state index is -0.666. The minimum absolute atomic E-state index is 0.0579. The van der Waals surface area contributed by atoms with E-state index in [0.29, 0.717) is 17.0 Å². The van der Waals surface area contributed by atoms with Crippen LogP contribution in [-0.2, 0) is 30.2 Å². The first-order valence-corrected chi connectivity index (χ1v) is 12.0. The molecule has 11 nitrogen and oxygen atoms in total. The van der Waals surface area contributed by atoms with Gasteiger partial charge in [0.25, 0.3) is 0 Å². The predicted octanol–water partition coefficient (Wildman–Crippen LogP) is 2.73. The molecule has 36 heavy (non-hydrogen) atoms. The minimum Gasteiger partial charge on any atom is -0.463 e. The number of anilines is 2. The number of nitrogens with one attached hydrogen (secondary N) is 1. The Morgan fingerprint density at radius 1 is 1.19 bits per heavy atom. The predicted molar refractivity (Wildman–Crippen MR) is 133 cm³/mol. The summed E-state index contributed by atoms with van der Waals surface area (Å²) in [6.07, 6.45) is 0.130. The number of benzene rings is 1. The smallest absolute Gasteiger partial charge is 0.310 e. The van der Waals surface area contributed by atoms with Crippen LogP contribution in [0.1, 0.15) is 39.0 Å². The first-order chi connectivity index (χ1) is 17.3. The largest absolute Gasteiger partial charge is 0.463 e. The summed E-state index contributed by atoms with van der Waals surface area (Å²) in [5.74, 6) is -0.277. The van der Waals surface area contributed by atoms with E-state index >= 15 is 0 Å². The van der Waals surface area contributed by atoms with Crippen molar-refractivity contribution in [3.8, 4) is 0 Å². The SMILES string of the molecule is CNc1nc(N)nc2c1ncn2[C@@H]1O[C@H](COC(=O)Cc2ccccc2)[C@@H](OC(=O)CC(C)C)[C@@H]1C. The molecule has 0 bridgehead atoms. The average Bonchev–Trinajstić information content (AvgIpc) is 3.38. The van der Waals surface area contributed by atoms with Crippen LogP contribution in [0.3, 0.4) is 0 Å². The Morgan fingerprint density at radius 2 is 1.94 bits per heavy atom. The zero-order valence-corrected chi connectivity index (χ0v) is 20.9. The van der Waals surface area contributed by atoms with Crippen molar-refractivity contribution < 1.29 is 23.8 Å². The number of ether oxygens (including phenoxy) is 3. The monoisotopic (exact) mass is 496 g/mol. The standard InChI is InChI=1S/C25H32N6O5/c1-14(2)10-19(33)36-21-15(3)24(31-13-28-20-22(27-4)29-25(26)30-23(20)31)35-17(21)12-34-18(32)11-16-8-6-5-7-9-16/h5-9,13-15,17,21,24H,10-12H2,1-4H3,(H3,26,27,29,30)/t15-,17+,21-,24+/m0/s1. The molecule has 192 valence electrons. The fraction of sp³-hybridized carbons (Fsp3) is 0.480. The van der Waals surface area contributed by atoms with E-state index in [9.17, 15) is 9.59 Å². The summed E-state index contributed by atoms with van der Waals surface area (Å²) in [4.78, 5) is 38.0. The maximum Gasteiger partial charge on any atom is 0.310 e. The quantitative estimate of drug-likeness (QED) is 0.424. The van der Waals surface area contributed by atoms with E-state index in [1.165, 1.54) is 0 Å². The molecule has 0 saturated carbocycles. The van der Waals surface area contributed by atoms with E-state index in [1.807, 2.05) is 51.1 Å². The number of nitrogens with zero attached hydrogens (tertiary/aromatic N) is 4. The van der Waals surface area contributed by atoms with Gasteiger partial charge in [-0.1, -0.05) is 51.1 Å². The van der Waals surface area contributed by atoms with E-state index in [4.69, 9.17) is 19.9 Å². The third-order valence-electron chi connectivity index (χ3n) is 6.04. The van der Waals surface area contributed by atoms with E-state index in [-0.39, 0.29) is 49.2 Å². The van der Waals surface area contributed by atoms with Crippen LogP contribution in [0.25, 0.3) is 11.2 Å². The molecule has 1 saturated heterocycles. The lowest BCUT2D eigenvalue weighted by Gasteiger charge is -2.22.